The molecule has 0 saturated carbocycles. The first kappa shape index (κ1) is 17.9. The van der Waals surface area contributed by atoms with Crippen LogP contribution in [0.5, 0.6) is 0 Å². The van der Waals surface area contributed by atoms with Gasteiger partial charge in [0.15, 0.2) is 0 Å². The Morgan fingerprint density at radius 3 is 2.40 bits per heavy atom. The molecule has 0 aromatic heterocycles. The van der Waals surface area contributed by atoms with Crippen LogP contribution in [0.25, 0.3) is 0 Å². The molecule has 2 amide bonds. The average Bonchev–Trinajstić information content (AvgIpc) is 2.69. The minimum atomic E-state index is -0.0193. The number of rotatable bonds is 4. The van der Waals surface area contributed by atoms with Gasteiger partial charge in [-0.15, -0.1) is 0 Å². The van der Waals surface area contributed by atoms with Crippen molar-refractivity contribution < 1.29 is 9.59 Å². The topological polar surface area (TPSA) is 52.7 Å². The van der Waals surface area contributed by atoms with E-state index in [9.17, 15) is 9.59 Å². The highest BCUT2D eigenvalue weighted by Crippen LogP contribution is 2.20. The van der Waals surface area contributed by atoms with Gasteiger partial charge in [-0.1, -0.05) is 43.7 Å². The van der Waals surface area contributed by atoms with Crippen LogP contribution in [0, 0.1) is 0 Å². The number of piperazine rings is 1. The molecule has 0 bridgehead atoms. The summed E-state index contributed by atoms with van der Waals surface area (Å²) in [6.45, 7) is 5.65. The molecule has 2 heterocycles. The van der Waals surface area contributed by atoms with Crippen molar-refractivity contribution in [2.75, 3.05) is 32.7 Å². The van der Waals surface area contributed by atoms with Crippen molar-refractivity contribution in [3.63, 3.8) is 0 Å². The summed E-state index contributed by atoms with van der Waals surface area (Å²) in [7, 11) is 0. The highest BCUT2D eigenvalue weighted by molar-refractivity contribution is 5.82. The van der Waals surface area contributed by atoms with Gasteiger partial charge in [0, 0.05) is 32.6 Å². The van der Waals surface area contributed by atoms with E-state index >= 15 is 0 Å². The molecule has 2 aliphatic rings. The van der Waals surface area contributed by atoms with Crippen molar-refractivity contribution in [3.05, 3.63) is 35.9 Å². The fraction of sp³-hybridized carbons (Fsp3) is 0.600. The number of nitrogens with one attached hydrogen (secondary N) is 1. The maximum absolute atomic E-state index is 12.6. The van der Waals surface area contributed by atoms with Crippen molar-refractivity contribution in [1.82, 2.24) is 15.1 Å². The molecule has 1 N–H and O–H groups in total. The van der Waals surface area contributed by atoms with Crippen LogP contribution in [-0.2, 0) is 9.59 Å². The van der Waals surface area contributed by atoms with Gasteiger partial charge in [0.25, 0.3) is 0 Å². The van der Waals surface area contributed by atoms with Gasteiger partial charge >= 0.3 is 0 Å². The third-order valence-electron chi connectivity index (χ3n) is 5.40. The van der Waals surface area contributed by atoms with Crippen molar-refractivity contribution in [3.8, 4) is 0 Å². The minimum absolute atomic E-state index is 0.0193. The molecule has 0 unspecified atom stereocenters. The normalized spacial score (nSPS) is 22.5. The molecule has 3 rings (SSSR count). The molecule has 2 fully saturated rings. The quantitative estimate of drug-likeness (QED) is 0.910. The molecule has 136 valence electrons. The molecule has 5 nitrogen and oxygen atoms in total. The Kier molecular flexibility index (Phi) is 6.08. The van der Waals surface area contributed by atoms with Crippen LogP contribution >= 0.6 is 0 Å². The second kappa shape index (κ2) is 8.48. The first-order chi connectivity index (χ1) is 12.1. The Hall–Kier alpha value is -1.88. The molecule has 0 aliphatic carbocycles. The van der Waals surface area contributed by atoms with Crippen LogP contribution in [-0.4, -0.2) is 60.4 Å². The van der Waals surface area contributed by atoms with Crippen molar-refractivity contribution in [2.45, 2.75) is 44.6 Å². The third-order valence-corrected chi connectivity index (χ3v) is 5.40. The largest absolute Gasteiger partial charge is 0.339 e. The highest BCUT2D eigenvalue weighted by Gasteiger charge is 2.29. The number of carbonyl (C=O) groups excluding carboxylic acids is 2. The number of hydrogen-bond donors (Lipinski definition) is 1. The molecule has 0 spiro atoms. The molecule has 2 atom stereocenters. The van der Waals surface area contributed by atoms with Crippen molar-refractivity contribution >= 4 is 11.8 Å². The van der Waals surface area contributed by atoms with E-state index < -0.39 is 0 Å². The fourth-order valence-corrected chi connectivity index (χ4v) is 3.75. The maximum Gasteiger partial charge on any atom is 0.239 e. The number of amides is 2. The molecule has 25 heavy (non-hydrogen) atoms. The summed E-state index contributed by atoms with van der Waals surface area (Å²) in [6.07, 6.45) is 3.75. The number of piperidine rings is 1. The standard InChI is InChI=1S/C20H29N3O2/c1-16(17-7-3-2-4-8-17)15-19(24)22-11-13-23(14-12-22)20(25)18-9-5-6-10-21-18/h2-4,7-8,16,18,21H,5-6,9-15H2,1H3/t16-,18+/m0/s1. The zero-order chi connectivity index (χ0) is 17.6. The Balaban J connectivity index is 1.46. The lowest BCUT2D eigenvalue weighted by Crippen LogP contribution is -2.55. The summed E-state index contributed by atoms with van der Waals surface area (Å²) in [4.78, 5) is 29.0. The molecular formula is C20H29N3O2. The summed E-state index contributed by atoms with van der Waals surface area (Å²) in [5.41, 5.74) is 1.20. The number of benzene rings is 1. The lowest BCUT2D eigenvalue weighted by Gasteiger charge is -2.37. The molecule has 5 heteroatoms. The summed E-state index contributed by atoms with van der Waals surface area (Å²) in [5, 5.41) is 3.32. The SMILES string of the molecule is C[C@@H](CC(=O)N1CCN(C(=O)[C@H]2CCCCN2)CC1)c1ccccc1. The van der Waals surface area contributed by atoms with Crippen LogP contribution in [0.1, 0.15) is 44.1 Å². The van der Waals surface area contributed by atoms with Gasteiger partial charge in [0.2, 0.25) is 11.8 Å². The average molecular weight is 343 g/mol. The monoisotopic (exact) mass is 343 g/mol. The van der Waals surface area contributed by atoms with E-state index in [4.69, 9.17) is 0 Å². The summed E-state index contributed by atoms with van der Waals surface area (Å²) in [6, 6.07) is 10.2. The second-order valence-corrected chi connectivity index (χ2v) is 7.22. The number of hydrogen-bond acceptors (Lipinski definition) is 3. The number of carbonyl (C=O) groups is 2. The zero-order valence-corrected chi connectivity index (χ0v) is 15.1. The second-order valence-electron chi connectivity index (χ2n) is 7.22. The predicted octanol–water partition coefficient (Wildman–Crippen LogP) is 1.99. The van der Waals surface area contributed by atoms with E-state index in [0.717, 1.165) is 25.8 Å². The van der Waals surface area contributed by atoms with Gasteiger partial charge in [-0.2, -0.15) is 0 Å². The van der Waals surface area contributed by atoms with Crippen LogP contribution < -0.4 is 5.32 Å². The van der Waals surface area contributed by atoms with Gasteiger partial charge in [0.1, 0.15) is 0 Å². The predicted molar refractivity (Wildman–Crippen MR) is 98.3 cm³/mol. The van der Waals surface area contributed by atoms with Gasteiger partial charge < -0.3 is 15.1 Å². The van der Waals surface area contributed by atoms with E-state index in [1.54, 1.807) is 0 Å². The summed E-state index contributed by atoms with van der Waals surface area (Å²) >= 11 is 0. The Bertz CT molecular complexity index is 576. The highest BCUT2D eigenvalue weighted by atomic mass is 16.2. The smallest absolute Gasteiger partial charge is 0.239 e. The van der Waals surface area contributed by atoms with Gasteiger partial charge in [-0.3, -0.25) is 9.59 Å². The van der Waals surface area contributed by atoms with Gasteiger partial charge in [0.05, 0.1) is 6.04 Å². The Labute approximate surface area is 150 Å². The number of nitrogens with zero attached hydrogens (tertiary/aromatic N) is 2. The minimum Gasteiger partial charge on any atom is -0.339 e. The van der Waals surface area contributed by atoms with Gasteiger partial charge in [-0.05, 0) is 30.9 Å². The molecule has 1 aromatic carbocycles. The van der Waals surface area contributed by atoms with Gasteiger partial charge in [-0.25, -0.2) is 0 Å². The lowest BCUT2D eigenvalue weighted by molar-refractivity contribution is -0.141. The maximum atomic E-state index is 12.6. The molecular weight excluding hydrogens is 314 g/mol. The summed E-state index contributed by atoms with van der Waals surface area (Å²) in [5.74, 6) is 0.628. The molecule has 0 radical (unpaired) electrons. The van der Waals surface area contributed by atoms with Crippen LogP contribution in [0.2, 0.25) is 0 Å². The Morgan fingerprint density at radius 1 is 1.08 bits per heavy atom. The summed E-state index contributed by atoms with van der Waals surface area (Å²) < 4.78 is 0. The third kappa shape index (κ3) is 4.60. The zero-order valence-electron chi connectivity index (χ0n) is 15.1. The molecule has 2 aliphatic heterocycles. The van der Waals surface area contributed by atoms with E-state index in [2.05, 4.69) is 24.4 Å². The molecule has 2 saturated heterocycles. The molecule has 1 aromatic rings. The lowest BCUT2D eigenvalue weighted by atomic mass is 9.97. The van der Waals surface area contributed by atoms with E-state index in [1.165, 1.54) is 5.56 Å². The first-order valence-corrected chi connectivity index (χ1v) is 9.50. The van der Waals surface area contributed by atoms with Crippen molar-refractivity contribution in [1.29, 1.82) is 0 Å². The van der Waals surface area contributed by atoms with Crippen LogP contribution in [0.15, 0.2) is 30.3 Å². The van der Waals surface area contributed by atoms with E-state index in [-0.39, 0.29) is 23.8 Å². The Morgan fingerprint density at radius 2 is 1.76 bits per heavy atom. The van der Waals surface area contributed by atoms with Crippen molar-refractivity contribution in [2.24, 2.45) is 0 Å². The first-order valence-electron chi connectivity index (χ1n) is 9.50. The fourth-order valence-electron chi connectivity index (χ4n) is 3.75. The van der Waals surface area contributed by atoms with Crippen LogP contribution in [0.3, 0.4) is 0 Å². The van der Waals surface area contributed by atoms with E-state index in [0.29, 0.717) is 32.6 Å². The van der Waals surface area contributed by atoms with E-state index in [1.807, 2.05) is 28.0 Å². The van der Waals surface area contributed by atoms with Crippen LogP contribution in [0.4, 0.5) is 0 Å².